The van der Waals surface area contributed by atoms with Gasteiger partial charge >= 0.3 is 6.09 Å². The van der Waals surface area contributed by atoms with E-state index in [0.29, 0.717) is 23.3 Å². The SMILES string of the molecule is C[C@H]1C/C(=N\NC(=O)OC(C)(C)C)c2c(O)ccc(F)c21. The summed E-state index contributed by atoms with van der Waals surface area (Å²) in [6, 6.07) is 2.52. The lowest BCUT2D eigenvalue weighted by atomic mass is 10.0. The molecular weight excluding hydrogens is 275 g/mol. The Kier molecular flexibility index (Phi) is 3.89. The average Bonchev–Trinajstić information content (AvgIpc) is 2.68. The maximum absolute atomic E-state index is 13.8. The molecule has 0 unspecified atom stereocenters. The summed E-state index contributed by atoms with van der Waals surface area (Å²) in [6.07, 6.45) is -0.244. The van der Waals surface area contributed by atoms with Crippen LogP contribution >= 0.6 is 0 Å². The van der Waals surface area contributed by atoms with Crippen LogP contribution in [0.4, 0.5) is 9.18 Å². The minimum atomic E-state index is -0.688. The molecule has 0 aromatic heterocycles. The number of nitrogens with one attached hydrogen (secondary N) is 1. The van der Waals surface area contributed by atoms with E-state index in [1.807, 2.05) is 6.92 Å². The Morgan fingerprint density at radius 1 is 1.48 bits per heavy atom. The number of hydrogen-bond donors (Lipinski definition) is 2. The lowest BCUT2D eigenvalue weighted by Gasteiger charge is -2.18. The summed E-state index contributed by atoms with van der Waals surface area (Å²) in [4.78, 5) is 11.6. The topological polar surface area (TPSA) is 70.9 Å². The summed E-state index contributed by atoms with van der Waals surface area (Å²) in [7, 11) is 0. The number of hydrazone groups is 1. The van der Waals surface area contributed by atoms with Gasteiger partial charge in [-0.1, -0.05) is 6.92 Å². The largest absolute Gasteiger partial charge is 0.507 e. The molecule has 0 fully saturated rings. The Morgan fingerprint density at radius 2 is 2.14 bits per heavy atom. The van der Waals surface area contributed by atoms with E-state index in [1.54, 1.807) is 20.8 Å². The van der Waals surface area contributed by atoms with Crippen LogP contribution in [0.25, 0.3) is 0 Å². The zero-order valence-electron chi connectivity index (χ0n) is 12.5. The van der Waals surface area contributed by atoms with Crippen molar-refractivity contribution in [3.05, 3.63) is 29.1 Å². The first-order chi connectivity index (χ1) is 9.69. The number of hydrogen-bond acceptors (Lipinski definition) is 4. The van der Waals surface area contributed by atoms with Crippen LogP contribution in [0.5, 0.6) is 5.75 Å². The quantitative estimate of drug-likeness (QED) is 0.781. The van der Waals surface area contributed by atoms with Gasteiger partial charge in [0.05, 0.1) is 5.71 Å². The second-order valence-corrected chi connectivity index (χ2v) is 6.13. The number of carbonyl (C=O) groups excluding carboxylic acids is 1. The second-order valence-electron chi connectivity index (χ2n) is 6.13. The lowest BCUT2D eigenvalue weighted by molar-refractivity contribution is 0.0529. The third kappa shape index (κ3) is 3.32. The van der Waals surface area contributed by atoms with Crippen LogP contribution in [0.2, 0.25) is 0 Å². The molecule has 1 aliphatic rings. The number of carbonyl (C=O) groups is 1. The van der Waals surface area contributed by atoms with Crippen LogP contribution in [0.1, 0.15) is 51.2 Å². The number of nitrogens with zero attached hydrogens (tertiary/aromatic N) is 1. The summed E-state index contributed by atoms with van der Waals surface area (Å²) < 4.78 is 18.9. The van der Waals surface area contributed by atoms with E-state index in [1.165, 1.54) is 12.1 Å². The van der Waals surface area contributed by atoms with Gasteiger partial charge in [-0.05, 0) is 45.2 Å². The predicted octanol–water partition coefficient (Wildman–Crippen LogP) is 3.27. The van der Waals surface area contributed by atoms with Gasteiger partial charge in [0.15, 0.2) is 0 Å². The zero-order valence-corrected chi connectivity index (χ0v) is 12.5. The van der Waals surface area contributed by atoms with Crippen LogP contribution in [-0.2, 0) is 4.74 Å². The van der Waals surface area contributed by atoms with Crippen molar-refractivity contribution in [2.45, 2.75) is 45.6 Å². The molecule has 21 heavy (non-hydrogen) atoms. The van der Waals surface area contributed by atoms with E-state index < -0.39 is 11.7 Å². The highest BCUT2D eigenvalue weighted by Crippen LogP contribution is 2.39. The van der Waals surface area contributed by atoms with E-state index in [9.17, 15) is 14.3 Å². The molecular formula is C15H19FN2O3. The summed E-state index contributed by atoms with van der Waals surface area (Å²) in [6.45, 7) is 7.08. The number of amides is 1. The first kappa shape index (κ1) is 15.3. The zero-order chi connectivity index (χ0) is 15.8. The fraction of sp³-hybridized carbons (Fsp3) is 0.467. The summed E-state index contributed by atoms with van der Waals surface area (Å²) >= 11 is 0. The van der Waals surface area contributed by atoms with Crippen LogP contribution in [-0.4, -0.2) is 22.5 Å². The molecule has 1 atom stereocenters. The van der Waals surface area contributed by atoms with Gasteiger partial charge in [-0.25, -0.2) is 14.6 Å². The van der Waals surface area contributed by atoms with Crippen molar-refractivity contribution in [3.63, 3.8) is 0 Å². The molecule has 0 saturated carbocycles. The molecule has 0 spiro atoms. The summed E-state index contributed by atoms with van der Waals surface area (Å²) in [5.74, 6) is -0.524. The van der Waals surface area contributed by atoms with Crippen molar-refractivity contribution in [1.29, 1.82) is 0 Å². The Bertz CT molecular complexity index is 606. The van der Waals surface area contributed by atoms with Gasteiger partial charge in [0.25, 0.3) is 0 Å². The number of rotatable bonds is 1. The van der Waals surface area contributed by atoms with E-state index in [0.717, 1.165) is 0 Å². The van der Waals surface area contributed by atoms with Crippen molar-refractivity contribution in [3.8, 4) is 5.75 Å². The smallest absolute Gasteiger partial charge is 0.428 e. The first-order valence-corrected chi connectivity index (χ1v) is 6.76. The van der Waals surface area contributed by atoms with Crippen molar-refractivity contribution in [2.75, 3.05) is 0 Å². The molecule has 5 nitrogen and oxygen atoms in total. The monoisotopic (exact) mass is 294 g/mol. The van der Waals surface area contributed by atoms with Gasteiger partial charge in [-0.2, -0.15) is 5.10 Å². The minimum absolute atomic E-state index is 0.0412. The predicted molar refractivity (Wildman–Crippen MR) is 77.0 cm³/mol. The highest BCUT2D eigenvalue weighted by molar-refractivity contribution is 6.07. The molecule has 2 rings (SSSR count). The molecule has 1 aromatic rings. The Hall–Kier alpha value is -2.11. The van der Waals surface area contributed by atoms with Gasteiger partial charge in [-0.3, -0.25) is 0 Å². The van der Waals surface area contributed by atoms with Crippen LogP contribution in [0.15, 0.2) is 17.2 Å². The van der Waals surface area contributed by atoms with Crippen LogP contribution in [0.3, 0.4) is 0 Å². The van der Waals surface area contributed by atoms with Crippen molar-refractivity contribution in [1.82, 2.24) is 5.43 Å². The van der Waals surface area contributed by atoms with Gasteiger partial charge in [0, 0.05) is 11.1 Å². The number of benzene rings is 1. The summed E-state index contributed by atoms with van der Waals surface area (Å²) in [5, 5.41) is 13.9. The molecule has 1 aromatic carbocycles. The highest BCUT2D eigenvalue weighted by Gasteiger charge is 2.31. The third-order valence-electron chi connectivity index (χ3n) is 3.13. The fourth-order valence-corrected chi connectivity index (χ4v) is 2.38. The Balaban J connectivity index is 2.23. The first-order valence-electron chi connectivity index (χ1n) is 6.76. The maximum Gasteiger partial charge on any atom is 0.428 e. The normalized spacial score (nSPS) is 19.5. The van der Waals surface area contributed by atoms with E-state index >= 15 is 0 Å². The van der Waals surface area contributed by atoms with Gasteiger partial charge in [0.2, 0.25) is 0 Å². The van der Waals surface area contributed by atoms with Crippen LogP contribution < -0.4 is 5.43 Å². The molecule has 0 saturated heterocycles. The van der Waals surface area contributed by atoms with E-state index in [2.05, 4.69) is 10.5 Å². The molecule has 114 valence electrons. The van der Waals surface area contributed by atoms with Gasteiger partial charge in [-0.15, -0.1) is 0 Å². The molecule has 0 radical (unpaired) electrons. The average molecular weight is 294 g/mol. The third-order valence-corrected chi connectivity index (χ3v) is 3.13. The maximum atomic E-state index is 13.8. The van der Waals surface area contributed by atoms with Crippen molar-refractivity contribution in [2.24, 2.45) is 5.10 Å². The van der Waals surface area contributed by atoms with E-state index in [-0.39, 0.29) is 17.5 Å². The number of ether oxygens (including phenoxy) is 1. The van der Waals surface area contributed by atoms with Crippen molar-refractivity contribution >= 4 is 11.8 Å². The Labute approximate surface area is 122 Å². The second kappa shape index (κ2) is 5.35. The Morgan fingerprint density at radius 3 is 2.76 bits per heavy atom. The molecule has 0 aliphatic heterocycles. The number of phenols is 1. The number of halogens is 1. The molecule has 0 heterocycles. The summed E-state index contributed by atoms with van der Waals surface area (Å²) in [5.41, 5.74) is 2.89. The number of phenolic OH excluding ortho intramolecular Hbond substituents is 1. The minimum Gasteiger partial charge on any atom is -0.507 e. The van der Waals surface area contributed by atoms with E-state index in [4.69, 9.17) is 4.74 Å². The van der Waals surface area contributed by atoms with Crippen LogP contribution in [0, 0.1) is 5.82 Å². The molecule has 1 amide bonds. The van der Waals surface area contributed by atoms with Gasteiger partial charge in [0.1, 0.15) is 17.2 Å². The molecule has 2 N–H and O–H groups in total. The molecule has 0 bridgehead atoms. The highest BCUT2D eigenvalue weighted by atomic mass is 19.1. The van der Waals surface area contributed by atoms with Gasteiger partial charge < -0.3 is 9.84 Å². The van der Waals surface area contributed by atoms with Crippen molar-refractivity contribution < 1.29 is 19.0 Å². The fourth-order valence-electron chi connectivity index (χ4n) is 2.38. The number of fused-ring (bicyclic) bond motifs is 1. The standard InChI is InChI=1S/C15H19FN2O3/c1-8-7-10(17-18-14(20)21-15(2,3)4)13-11(19)6-5-9(16)12(8)13/h5-6,8,19H,7H2,1-4H3,(H,18,20)/b17-10+/t8-/m0/s1. The number of aromatic hydroxyl groups is 1. The molecule has 1 aliphatic carbocycles. The molecule has 6 heteroatoms. The lowest BCUT2D eigenvalue weighted by Crippen LogP contribution is -2.30.